The summed E-state index contributed by atoms with van der Waals surface area (Å²) in [5, 5.41) is 14.7. The maximum atomic E-state index is 13.0. The third kappa shape index (κ3) is 4.13. The molecule has 7 nitrogen and oxygen atoms in total. The summed E-state index contributed by atoms with van der Waals surface area (Å²) in [6, 6.07) is 12.9. The van der Waals surface area contributed by atoms with Gasteiger partial charge in [0.25, 0.3) is 0 Å². The number of halogens is 3. The van der Waals surface area contributed by atoms with Gasteiger partial charge in [0.15, 0.2) is 11.6 Å². The molecule has 0 aliphatic heterocycles. The number of nitrogens with zero attached hydrogens (tertiary/aromatic N) is 5. The number of nitrogens with one attached hydrogen (secondary N) is 1. The fourth-order valence-corrected chi connectivity index (χ4v) is 4.14. The highest BCUT2D eigenvalue weighted by atomic mass is 35.5. The number of rotatable bonds is 6. The Morgan fingerprint density at radius 2 is 1.65 bits per heavy atom. The van der Waals surface area contributed by atoms with Gasteiger partial charge in [0.2, 0.25) is 0 Å². The van der Waals surface area contributed by atoms with E-state index in [0.717, 1.165) is 24.0 Å². The second kappa shape index (κ2) is 8.15. The molecule has 0 radical (unpaired) electrons. The van der Waals surface area contributed by atoms with Crippen LogP contribution >= 0.6 is 34.8 Å². The maximum Gasteiger partial charge on any atom is 0.346 e. The average molecular weight is 476 g/mol. The largest absolute Gasteiger partial charge is 0.346 e. The van der Waals surface area contributed by atoms with Gasteiger partial charge in [-0.25, -0.2) is 9.48 Å². The van der Waals surface area contributed by atoms with Crippen LogP contribution in [0.4, 0.5) is 0 Å². The zero-order valence-electron chi connectivity index (χ0n) is 16.2. The van der Waals surface area contributed by atoms with Crippen LogP contribution in [0.5, 0.6) is 0 Å². The minimum Gasteiger partial charge on any atom is -0.327 e. The van der Waals surface area contributed by atoms with Crippen LogP contribution in [0, 0.1) is 0 Å². The summed E-state index contributed by atoms with van der Waals surface area (Å²) in [5.74, 6) is 1.77. The zero-order valence-corrected chi connectivity index (χ0v) is 18.5. The van der Waals surface area contributed by atoms with E-state index in [0.29, 0.717) is 39.0 Å². The average Bonchev–Trinajstić information content (AvgIpc) is 3.40. The lowest BCUT2D eigenvalue weighted by atomic mass is 10.1. The molecule has 1 N–H and O–H groups in total. The number of hydrogen-bond acceptors (Lipinski definition) is 4. The summed E-state index contributed by atoms with van der Waals surface area (Å²) in [5.41, 5.74) is 1.45. The van der Waals surface area contributed by atoms with Crippen molar-refractivity contribution >= 4 is 34.8 Å². The Hall–Kier alpha value is -2.61. The normalized spacial score (nSPS) is 13.6. The summed E-state index contributed by atoms with van der Waals surface area (Å²) >= 11 is 18.5. The Bertz CT molecular complexity index is 1280. The van der Waals surface area contributed by atoms with E-state index in [4.69, 9.17) is 34.8 Å². The maximum absolute atomic E-state index is 13.0. The van der Waals surface area contributed by atoms with E-state index in [1.54, 1.807) is 34.9 Å². The summed E-state index contributed by atoms with van der Waals surface area (Å²) in [6.07, 6.45) is 2.35. The number of benzene rings is 2. The molecule has 5 rings (SSSR count). The Morgan fingerprint density at radius 1 is 0.968 bits per heavy atom. The molecular formula is C21H17Cl3N6O. The zero-order chi connectivity index (χ0) is 21.5. The molecule has 2 aromatic heterocycles. The van der Waals surface area contributed by atoms with Crippen molar-refractivity contribution < 1.29 is 0 Å². The molecule has 31 heavy (non-hydrogen) atoms. The van der Waals surface area contributed by atoms with Crippen LogP contribution in [0.15, 0.2) is 47.3 Å². The van der Waals surface area contributed by atoms with Gasteiger partial charge in [0.1, 0.15) is 12.4 Å². The second-order valence-corrected chi connectivity index (χ2v) is 8.72. The first-order chi connectivity index (χ1) is 15.0. The smallest absolute Gasteiger partial charge is 0.327 e. The highest BCUT2D eigenvalue weighted by Gasteiger charge is 2.30. The van der Waals surface area contributed by atoms with Crippen molar-refractivity contribution in [2.45, 2.75) is 31.8 Å². The van der Waals surface area contributed by atoms with Gasteiger partial charge in [0, 0.05) is 33.1 Å². The number of hydrogen-bond donors (Lipinski definition) is 1. The lowest BCUT2D eigenvalue weighted by Gasteiger charge is -2.03. The van der Waals surface area contributed by atoms with Gasteiger partial charge >= 0.3 is 5.69 Å². The van der Waals surface area contributed by atoms with Crippen LogP contribution in [0.2, 0.25) is 15.1 Å². The fraction of sp³-hybridized carbons (Fsp3) is 0.238. The molecule has 0 unspecified atom stereocenters. The summed E-state index contributed by atoms with van der Waals surface area (Å²) < 4.78 is 3.17. The summed E-state index contributed by atoms with van der Waals surface area (Å²) in [6.45, 7) is 0.183. The van der Waals surface area contributed by atoms with Gasteiger partial charge in [0.05, 0.1) is 0 Å². The van der Waals surface area contributed by atoms with Gasteiger partial charge < -0.3 is 4.98 Å². The molecule has 10 heteroatoms. The third-order valence-corrected chi connectivity index (χ3v) is 6.13. The fourth-order valence-electron chi connectivity index (χ4n) is 3.48. The van der Waals surface area contributed by atoms with Crippen molar-refractivity contribution in [3.63, 3.8) is 0 Å². The Kier molecular flexibility index (Phi) is 5.33. The first-order valence-electron chi connectivity index (χ1n) is 9.78. The molecule has 0 saturated heterocycles. The highest BCUT2D eigenvalue weighted by Crippen LogP contribution is 2.36. The van der Waals surface area contributed by atoms with Gasteiger partial charge in [-0.2, -0.15) is 0 Å². The predicted molar refractivity (Wildman–Crippen MR) is 120 cm³/mol. The molecule has 158 valence electrons. The van der Waals surface area contributed by atoms with Crippen LogP contribution in [-0.2, 0) is 13.0 Å². The SMILES string of the molecule is O=c1n(Cc2nnc(Cc3c(Cl)cccc3Cl)[nH]2)nc(-c2ccc(Cl)cc2)n1C1CC1. The van der Waals surface area contributed by atoms with E-state index in [-0.39, 0.29) is 18.3 Å². The van der Waals surface area contributed by atoms with Gasteiger partial charge in [-0.05, 0) is 54.8 Å². The molecule has 2 heterocycles. The minimum absolute atomic E-state index is 0.167. The van der Waals surface area contributed by atoms with Crippen LogP contribution in [0.25, 0.3) is 11.4 Å². The molecule has 4 aromatic rings. The molecule has 2 aromatic carbocycles. The molecule has 1 aliphatic carbocycles. The molecule has 1 saturated carbocycles. The highest BCUT2D eigenvalue weighted by molar-refractivity contribution is 6.36. The molecule has 0 amide bonds. The van der Waals surface area contributed by atoms with Crippen molar-refractivity contribution in [3.05, 3.63) is 85.2 Å². The van der Waals surface area contributed by atoms with E-state index in [2.05, 4.69) is 20.3 Å². The first kappa shape index (κ1) is 20.3. The molecule has 0 bridgehead atoms. The van der Waals surface area contributed by atoms with Crippen molar-refractivity contribution in [3.8, 4) is 11.4 Å². The van der Waals surface area contributed by atoms with Crippen LogP contribution in [0.1, 0.15) is 36.1 Å². The standard InChI is InChI=1S/C21H17Cl3N6O/c22-13-6-4-12(5-7-13)20-28-29(21(31)30(20)14-8-9-14)11-19-25-18(26-27-19)10-15-16(23)2-1-3-17(15)24/h1-7,14H,8-11H2,(H,25,26,27). The van der Waals surface area contributed by atoms with Crippen LogP contribution in [-0.4, -0.2) is 29.5 Å². The van der Waals surface area contributed by atoms with Crippen molar-refractivity contribution in [1.29, 1.82) is 0 Å². The topological polar surface area (TPSA) is 81.4 Å². The summed E-state index contributed by atoms with van der Waals surface area (Å²) in [4.78, 5) is 16.2. The molecular weight excluding hydrogens is 459 g/mol. The van der Waals surface area contributed by atoms with Gasteiger partial charge in [-0.3, -0.25) is 4.57 Å². The summed E-state index contributed by atoms with van der Waals surface area (Å²) in [7, 11) is 0. The van der Waals surface area contributed by atoms with Gasteiger partial charge in [-0.15, -0.1) is 15.3 Å². The Labute approximate surface area is 192 Å². The lowest BCUT2D eigenvalue weighted by molar-refractivity contribution is 0.608. The Morgan fingerprint density at radius 3 is 2.32 bits per heavy atom. The van der Waals surface area contributed by atoms with E-state index >= 15 is 0 Å². The molecule has 0 atom stereocenters. The first-order valence-corrected chi connectivity index (χ1v) is 10.9. The lowest BCUT2D eigenvalue weighted by Crippen LogP contribution is -2.25. The number of H-pyrrole nitrogens is 1. The van der Waals surface area contributed by atoms with Crippen molar-refractivity contribution in [2.75, 3.05) is 0 Å². The van der Waals surface area contributed by atoms with Crippen LogP contribution < -0.4 is 5.69 Å². The molecule has 0 spiro atoms. The number of aromatic amines is 1. The predicted octanol–water partition coefficient (Wildman–Crippen LogP) is 4.76. The quantitative estimate of drug-likeness (QED) is 0.436. The van der Waals surface area contributed by atoms with Crippen LogP contribution in [0.3, 0.4) is 0 Å². The monoisotopic (exact) mass is 474 g/mol. The van der Waals surface area contributed by atoms with Crippen molar-refractivity contribution in [2.24, 2.45) is 0 Å². The number of aromatic nitrogens is 6. The molecule has 1 aliphatic rings. The third-order valence-electron chi connectivity index (χ3n) is 5.17. The second-order valence-electron chi connectivity index (χ2n) is 7.47. The van der Waals surface area contributed by atoms with E-state index in [1.165, 1.54) is 4.68 Å². The van der Waals surface area contributed by atoms with E-state index < -0.39 is 0 Å². The minimum atomic E-state index is -0.167. The molecule has 1 fully saturated rings. The Balaban J connectivity index is 1.43. The van der Waals surface area contributed by atoms with Crippen molar-refractivity contribution in [1.82, 2.24) is 29.5 Å². The van der Waals surface area contributed by atoms with E-state index in [9.17, 15) is 4.79 Å². The van der Waals surface area contributed by atoms with E-state index in [1.807, 2.05) is 12.1 Å². The van der Waals surface area contributed by atoms with Gasteiger partial charge in [-0.1, -0.05) is 40.9 Å².